The summed E-state index contributed by atoms with van der Waals surface area (Å²) in [5, 5.41) is 4.94. The van der Waals surface area contributed by atoms with Crippen molar-refractivity contribution in [2.45, 2.75) is 26.8 Å². The summed E-state index contributed by atoms with van der Waals surface area (Å²) < 4.78 is 10.9. The Hall–Kier alpha value is -2.32. The van der Waals surface area contributed by atoms with Gasteiger partial charge in [-0.15, -0.1) is 0 Å². The summed E-state index contributed by atoms with van der Waals surface area (Å²) in [4.78, 5) is 19.2. The third kappa shape index (κ3) is 5.61. The highest BCUT2D eigenvalue weighted by molar-refractivity contribution is 7.80. The molecule has 0 spiro atoms. The summed E-state index contributed by atoms with van der Waals surface area (Å²) in [7, 11) is 4.27. The molecule has 1 aliphatic heterocycles. The highest BCUT2D eigenvalue weighted by atomic mass is 32.1. The normalized spacial score (nSPS) is 12.8. The first-order valence-electron chi connectivity index (χ1n) is 10.1. The Morgan fingerprint density at radius 1 is 1.28 bits per heavy atom. The Labute approximate surface area is 177 Å². The maximum absolute atomic E-state index is 12.7. The van der Waals surface area contributed by atoms with Crippen LogP contribution in [-0.4, -0.2) is 55.5 Å². The summed E-state index contributed by atoms with van der Waals surface area (Å²) in [6.45, 7) is 7.62. The molecule has 0 atom stereocenters. The Kier molecular flexibility index (Phi) is 6.97. The molecule has 1 aromatic heterocycles. The van der Waals surface area contributed by atoms with Crippen LogP contribution in [0.3, 0.4) is 0 Å². The van der Waals surface area contributed by atoms with Crippen molar-refractivity contribution in [2.75, 3.05) is 40.5 Å². The number of nitrogens with one attached hydrogen (secondary N) is 3. The molecule has 0 saturated carbocycles. The number of nitrogens with zero attached hydrogens (tertiary/aromatic N) is 1. The third-order valence-electron chi connectivity index (χ3n) is 4.83. The van der Waals surface area contributed by atoms with Gasteiger partial charge in [-0.05, 0) is 30.3 Å². The number of pyridine rings is 1. The predicted octanol–water partition coefficient (Wildman–Crippen LogP) is 1.12. The van der Waals surface area contributed by atoms with E-state index in [4.69, 9.17) is 21.7 Å². The van der Waals surface area contributed by atoms with Gasteiger partial charge < -0.3 is 29.6 Å². The lowest BCUT2D eigenvalue weighted by atomic mass is 10.1. The summed E-state index contributed by atoms with van der Waals surface area (Å²) in [5.74, 6) is 1.86. The Morgan fingerprint density at radius 2 is 2.00 bits per heavy atom. The van der Waals surface area contributed by atoms with Crippen LogP contribution in [0.2, 0.25) is 0 Å². The fraction of sp³-hybridized carbons (Fsp3) is 0.524. The zero-order valence-corrected chi connectivity index (χ0v) is 18.4. The van der Waals surface area contributed by atoms with E-state index in [-0.39, 0.29) is 12.4 Å². The van der Waals surface area contributed by atoms with Crippen LogP contribution in [0.4, 0.5) is 0 Å². The average Bonchev–Trinajstić information content (AvgIpc) is 3.10. The molecule has 2 heterocycles. The molecule has 0 aliphatic carbocycles. The number of aromatic nitrogens is 1. The lowest BCUT2D eigenvalue weighted by Crippen LogP contribution is -3.05. The minimum Gasteiger partial charge on any atom is -0.454 e. The number of thiocarbonyl (C=S) groups is 1. The van der Waals surface area contributed by atoms with E-state index < -0.39 is 0 Å². The number of aromatic amines is 1. The molecule has 1 aliphatic rings. The SMILES string of the molecule is CC(C)CNC(=S)N(CCC[NH+](C)C)Cc1cc2cc3c(cc2[nH]c1=O)OCO3. The van der Waals surface area contributed by atoms with Crippen LogP contribution < -0.4 is 25.2 Å². The zero-order valence-electron chi connectivity index (χ0n) is 17.6. The fourth-order valence-corrected chi connectivity index (χ4v) is 3.48. The van der Waals surface area contributed by atoms with Crippen molar-refractivity contribution in [1.82, 2.24) is 15.2 Å². The lowest BCUT2D eigenvalue weighted by molar-refractivity contribution is -0.858. The van der Waals surface area contributed by atoms with Crippen LogP contribution in [0, 0.1) is 5.92 Å². The van der Waals surface area contributed by atoms with Gasteiger partial charge in [0, 0.05) is 36.5 Å². The summed E-state index contributed by atoms with van der Waals surface area (Å²) in [6.07, 6.45) is 0.996. The molecule has 3 rings (SSSR count). The number of quaternary nitrogens is 1. The molecule has 1 aromatic carbocycles. The van der Waals surface area contributed by atoms with Gasteiger partial charge in [0.2, 0.25) is 6.79 Å². The van der Waals surface area contributed by atoms with Crippen molar-refractivity contribution >= 4 is 28.2 Å². The number of fused-ring (bicyclic) bond motifs is 2. The molecule has 2 aromatic rings. The highest BCUT2D eigenvalue weighted by Crippen LogP contribution is 2.35. The van der Waals surface area contributed by atoms with Gasteiger partial charge in [-0.1, -0.05) is 13.8 Å². The van der Waals surface area contributed by atoms with Gasteiger partial charge >= 0.3 is 0 Å². The number of benzene rings is 1. The standard InChI is InChI=1S/C21H30N4O3S/c1-14(2)11-22-21(29)25(7-5-6-24(3)4)12-16-8-15-9-18-19(28-13-27-18)10-17(15)23-20(16)26/h8-10,14H,5-7,11-13H2,1-4H3,(H,22,29)(H,23,26)/p+1. The van der Waals surface area contributed by atoms with Gasteiger partial charge in [0.05, 0.1) is 32.7 Å². The van der Waals surface area contributed by atoms with Crippen molar-refractivity contribution in [2.24, 2.45) is 5.92 Å². The van der Waals surface area contributed by atoms with Gasteiger partial charge in [0.25, 0.3) is 5.56 Å². The van der Waals surface area contributed by atoms with E-state index >= 15 is 0 Å². The summed E-state index contributed by atoms with van der Waals surface area (Å²) in [5.41, 5.74) is 1.32. The summed E-state index contributed by atoms with van der Waals surface area (Å²) >= 11 is 5.64. The largest absolute Gasteiger partial charge is 0.454 e. The number of rotatable bonds is 8. The number of ether oxygens (including phenoxy) is 2. The first kappa shape index (κ1) is 21.4. The molecule has 0 radical (unpaired) electrons. The van der Waals surface area contributed by atoms with E-state index in [9.17, 15) is 4.79 Å². The van der Waals surface area contributed by atoms with E-state index in [0.717, 1.165) is 37.0 Å². The van der Waals surface area contributed by atoms with Gasteiger partial charge in [0.1, 0.15) is 0 Å². The van der Waals surface area contributed by atoms with Gasteiger partial charge in [0.15, 0.2) is 16.6 Å². The van der Waals surface area contributed by atoms with Crippen LogP contribution in [0.1, 0.15) is 25.8 Å². The molecule has 3 N–H and O–H groups in total. The van der Waals surface area contributed by atoms with Crippen LogP contribution in [0.15, 0.2) is 23.0 Å². The number of hydrogen-bond acceptors (Lipinski definition) is 4. The number of H-pyrrole nitrogens is 1. The third-order valence-corrected chi connectivity index (χ3v) is 5.23. The summed E-state index contributed by atoms with van der Waals surface area (Å²) in [6, 6.07) is 5.65. The van der Waals surface area contributed by atoms with E-state index in [1.807, 2.05) is 18.2 Å². The fourth-order valence-electron chi connectivity index (χ4n) is 3.24. The smallest absolute Gasteiger partial charge is 0.253 e. The van der Waals surface area contributed by atoms with Crippen LogP contribution >= 0.6 is 12.2 Å². The average molecular weight is 420 g/mol. The predicted molar refractivity (Wildman–Crippen MR) is 119 cm³/mol. The Bertz CT molecular complexity index is 926. The van der Waals surface area contributed by atoms with Crippen molar-refractivity contribution in [1.29, 1.82) is 0 Å². The molecule has 7 nitrogen and oxygen atoms in total. The van der Waals surface area contributed by atoms with Crippen molar-refractivity contribution in [3.63, 3.8) is 0 Å². The molecule has 0 amide bonds. The van der Waals surface area contributed by atoms with Crippen molar-refractivity contribution < 1.29 is 14.4 Å². The molecule has 0 fully saturated rings. The quantitative estimate of drug-likeness (QED) is 0.557. The van der Waals surface area contributed by atoms with Crippen molar-refractivity contribution in [3.8, 4) is 11.5 Å². The van der Waals surface area contributed by atoms with E-state index in [0.29, 0.717) is 34.6 Å². The topological polar surface area (TPSA) is 71.0 Å². The van der Waals surface area contributed by atoms with Gasteiger partial charge in [-0.2, -0.15) is 0 Å². The van der Waals surface area contributed by atoms with E-state index in [2.05, 4.69) is 43.1 Å². The second-order valence-electron chi connectivity index (χ2n) is 8.23. The maximum atomic E-state index is 12.7. The molecule has 29 heavy (non-hydrogen) atoms. The molecular weight excluding hydrogens is 388 g/mol. The van der Waals surface area contributed by atoms with Crippen molar-refractivity contribution in [3.05, 3.63) is 34.1 Å². The minimum absolute atomic E-state index is 0.105. The first-order chi connectivity index (χ1) is 13.8. The Balaban J connectivity index is 1.81. The molecule has 0 saturated heterocycles. The van der Waals surface area contributed by atoms with Crippen LogP contribution in [-0.2, 0) is 6.54 Å². The molecule has 8 heteroatoms. The second kappa shape index (κ2) is 9.45. The van der Waals surface area contributed by atoms with E-state index in [1.165, 1.54) is 4.90 Å². The minimum atomic E-state index is -0.105. The van der Waals surface area contributed by atoms with Gasteiger partial charge in [-0.3, -0.25) is 4.79 Å². The molecular formula is C21H31N4O3S+. The second-order valence-corrected chi connectivity index (χ2v) is 8.62. The molecule has 0 bridgehead atoms. The highest BCUT2D eigenvalue weighted by Gasteiger charge is 2.17. The van der Waals surface area contributed by atoms with E-state index in [1.54, 1.807) is 0 Å². The van der Waals surface area contributed by atoms with Crippen LogP contribution in [0.25, 0.3) is 10.9 Å². The van der Waals surface area contributed by atoms with Crippen LogP contribution in [0.5, 0.6) is 11.5 Å². The molecule has 0 unspecified atom stereocenters. The lowest BCUT2D eigenvalue weighted by Gasteiger charge is -2.26. The zero-order chi connectivity index (χ0) is 21.0. The first-order valence-corrected chi connectivity index (χ1v) is 10.5. The monoisotopic (exact) mass is 419 g/mol. The Morgan fingerprint density at radius 3 is 2.69 bits per heavy atom. The van der Waals surface area contributed by atoms with Gasteiger partial charge in [-0.25, -0.2) is 0 Å². The maximum Gasteiger partial charge on any atom is 0.253 e. The molecule has 158 valence electrons. The number of hydrogen-bond donors (Lipinski definition) is 3.